The summed E-state index contributed by atoms with van der Waals surface area (Å²) in [5.41, 5.74) is 6.26. The Kier molecular flexibility index (Phi) is 4.64. The Morgan fingerprint density at radius 1 is 1.60 bits per heavy atom. The molecule has 0 bridgehead atoms. The molecule has 84 valence electrons. The lowest BCUT2D eigenvalue weighted by Crippen LogP contribution is -2.04. The molecule has 0 saturated heterocycles. The van der Waals surface area contributed by atoms with Crippen LogP contribution in [0, 0.1) is 0 Å². The van der Waals surface area contributed by atoms with E-state index in [1.165, 1.54) is 25.2 Å². The number of thioether (sulfide) groups is 1. The number of hydrogen-bond donors (Lipinski definition) is 2. The van der Waals surface area contributed by atoms with Crippen LogP contribution in [0.4, 0.5) is 5.69 Å². The quantitative estimate of drug-likeness (QED) is 0.577. The molecule has 0 spiro atoms. The highest BCUT2D eigenvalue weighted by atomic mass is 32.2. The second kappa shape index (κ2) is 5.77. The molecule has 6 heteroatoms. The van der Waals surface area contributed by atoms with Crippen molar-refractivity contribution in [1.82, 2.24) is 9.97 Å². The van der Waals surface area contributed by atoms with Gasteiger partial charge in [0.2, 0.25) is 5.88 Å². The monoisotopic (exact) mass is 229 g/mol. The van der Waals surface area contributed by atoms with E-state index in [1.54, 1.807) is 0 Å². The van der Waals surface area contributed by atoms with Crippen LogP contribution in [0.1, 0.15) is 13.3 Å². The number of aromatic nitrogens is 2. The van der Waals surface area contributed by atoms with Crippen LogP contribution in [-0.4, -0.2) is 34.0 Å². The van der Waals surface area contributed by atoms with E-state index in [9.17, 15) is 0 Å². The maximum Gasteiger partial charge on any atom is 0.241 e. The van der Waals surface area contributed by atoms with Crippen molar-refractivity contribution in [1.29, 1.82) is 0 Å². The molecule has 5 nitrogen and oxygen atoms in total. The summed E-state index contributed by atoms with van der Waals surface area (Å²) in [6.45, 7) is 2.17. The van der Waals surface area contributed by atoms with Gasteiger partial charge in [-0.1, -0.05) is 6.92 Å². The first-order valence-electron chi connectivity index (χ1n) is 4.61. The number of anilines is 1. The summed E-state index contributed by atoms with van der Waals surface area (Å²) < 4.78 is 4.99. The Balaban J connectivity index is 2.76. The van der Waals surface area contributed by atoms with Gasteiger partial charge in [0.25, 0.3) is 0 Å². The molecule has 1 unspecified atom stereocenters. The molecule has 0 fully saturated rings. The van der Waals surface area contributed by atoms with Crippen molar-refractivity contribution in [3.63, 3.8) is 0 Å². The number of aliphatic hydroxyl groups is 1. The minimum Gasteiger partial charge on any atom is -0.479 e. The first kappa shape index (κ1) is 12.1. The second-order valence-corrected chi connectivity index (χ2v) is 4.47. The maximum absolute atomic E-state index is 8.78. The van der Waals surface area contributed by atoms with E-state index in [-0.39, 0.29) is 11.9 Å². The third kappa shape index (κ3) is 3.24. The molecule has 1 atom stereocenters. The maximum atomic E-state index is 8.78. The van der Waals surface area contributed by atoms with Crippen molar-refractivity contribution in [2.45, 2.75) is 23.6 Å². The van der Waals surface area contributed by atoms with Gasteiger partial charge in [-0.3, -0.25) is 0 Å². The SMILES string of the molecule is COc1ncnc(SC(C)CCO)c1N. The highest BCUT2D eigenvalue weighted by Gasteiger charge is 2.12. The van der Waals surface area contributed by atoms with Gasteiger partial charge < -0.3 is 15.6 Å². The van der Waals surface area contributed by atoms with Gasteiger partial charge in [-0.2, -0.15) is 4.98 Å². The minimum atomic E-state index is 0.163. The number of methoxy groups -OCH3 is 1. The van der Waals surface area contributed by atoms with E-state index in [0.29, 0.717) is 23.0 Å². The van der Waals surface area contributed by atoms with Crippen molar-refractivity contribution >= 4 is 17.4 Å². The molecule has 3 N–H and O–H groups in total. The highest BCUT2D eigenvalue weighted by Crippen LogP contribution is 2.31. The van der Waals surface area contributed by atoms with Gasteiger partial charge in [-0.25, -0.2) is 4.98 Å². The molecular formula is C9H15N3O2S. The van der Waals surface area contributed by atoms with Crippen molar-refractivity contribution in [3.8, 4) is 5.88 Å². The summed E-state index contributed by atoms with van der Waals surface area (Å²) in [6, 6.07) is 0. The number of rotatable bonds is 5. The zero-order chi connectivity index (χ0) is 11.3. The third-order valence-electron chi connectivity index (χ3n) is 1.85. The average molecular weight is 229 g/mol. The van der Waals surface area contributed by atoms with E-state index in [2.05, 4.69) is 9.97 Å². The van der Waals surface area contributed by atoms with Gasteiger partial charge in [-0.15, -0.1) is 11.8 Å². The van der Waals surface area contributed by atoms with Crippen LogP contribution in [0.5, 0.6) is 5.88 Å². The Bertz CT molecular complexity index is 322. The van der Waals surface area contributed by atoms with E-state index < -0.39 is 0 Å². The largest absolute Gasteiger partial charge is 0.479 e. The van der Waals surface area contributed by atoms with E-state index in [0.717, 1.165) is 0 Å². The molecule has 0 aliphatic heterocycles. The Morgan fingerprint density at radius 3 is 2.93 bits per heavy atom. The Hall–Kier alpha value is -1.01. The summed E-state index contributed by atoms with van der Waals surface area (Å²) in [6.07, 6.45) is 2.12. The zero-order valence-corrected chi connectivity index (χ0v) is 9.62. The summed E-state index contributed by atoms with van der Waals surface area (Å²) in [4.78, 5) is 7.96. The third-order valence-corrected chi connectivity index (χ3v) is 3.04. The van der Waals surface area contributed by atoms with Crippen molar-refractivity contribution in [2.24, 2.45) is 0 Å². The normalized spacial score (nSPS) is 12.5. The van der Waals surface area contributed by atoms with E-state index in [1.807, 2.05) is 6.92 Å². The topological polar surface area (TPSA) is 81.3 Å². The second-order valence-electron chi connectivity index (χ2n) is 3.04. The average Bonchev–Trinajstić information content (AvgIpc) is 2.21. The fourth-order valence-corrected chi connectivity index (χ4v) is 1.98. The van der Waals surface area contributed by atoms with Crippen molar-refractivity contribution < 1.29 is 9.84 Å². The fourth-order valence-electron chi connectivity index (χ4n) is 1.05. The van der Waals surface area contributed by atoms with E-state index >= 15 is 0 Å². The van der Waals surface area contributed by atoms with Crippen LogP contribution < -0.4 is 10.5 Å². The highest BCUT2D eigenvalue weighted by molar-refractivity contribution is 8.00. The molecule has 0 aliphatic rings. The Labute approximate surface area is 93.1 Å². The summed E-state index contributed by atoms with van der Waals surface area (Å²) in [7, 11) is 1.52. The lowest BCUT2D eigenvalue weighted by Gasteiger charge is -2.11. The molecular weight excluding hydrogens is 214 g/mol. The molecule has 0 radical (unpaired) electrons. The molecule has 0 aliphatic carbocycles. The predicted molar refractivity (Wildman–Crippen MR) is 60.0 cm³/mol. The molecule has 0 saturated carbocycles. The number of hydrogen-bond acceptors (Lipinski definition) is 6. The number of nitrogens with two attached hydrogens (primary N) is 1. The molecule has 0 aromatic carbocycles. The lowest BCUT2D eigenvalue weighted by molar-refractivity contribution is 0.289. The van der Waals surface area contributed by atoms with Crippen LogP contribution in [0.3, 0.4) is 0 Å². The number of nitrogen functional groups attached to an aromatic ring is 1. The van der Waals surface area contributed by atoms with Crippen LogP contribution in [-0.2, 0) is 0 Å². The molecule has 0 amide bonds. The molecule has 1 heterocycles. The summed E-state index contributed by atoms with van der Waals surface area (Å²) >= 11 is 1.51. The number of nitrogens with zero attached hydrogens (tertiary/aromatic N) is 2. The first-order chi connectivity index (χ1) is 7.19. The molecule has 15 heavy (non-hydrogen) atoms. The van der Waals surface area contributed by atoms with Gasteiger partial charge in [0, 0.05) is 11.9 Å². The number of aliphatic hydroxyl groups excluding tert-OH is 1. The van der Waals surface area contributed by atoms with Crippen molar-refractivity contribution in [2.75, 3.05) is 19.5 Å². The molecule has 1 aromatic rings. The molecule has 1 aromatic heterocycles. The number of ether oxygens (including phenoxy) is 1. The standard InChI is InChI=1S/C9H15N3O2S/c1-6(3-4-13)15-9-7(10)8(14-2)11-5-12-9/h5-6,13H,3-4,10H2,1-2H3. The Morgan fingerprint density at radius 2 is 2.33 bits per heavy atom. The van der Waals surface area contributed by atoms with Crippen LogP contribution >= 0.6 is 11.8 Å². The van der Waals surface area contributed by atoms with Gasteiger partial charge in [0.15, 0.2) is 0 Å². The van der Waals surface area contributed by atoms with Gasteiger partial charge >= 0.3 is 0 Å². The van der Waals surface area contributed by atoms with Gasteiger partial charge in [0.05, 0.1) is 7.11 Å². The van der Waals surface area contributed by atoms with Crippen molar-refractivity contribution in [3.05, 3.63) is 6.33 Å². The van der Waals surface area contributed by atoms with Gasteiger partial charge in [0.1, 0.15) is 17.0 Å². The van der Waals surface area contributed by atoms with Crippen LogP contribution in [0.25, 0.3) is 0 Å². The smallest absolute Gasteiger partial charge is 0.241 e. The first-order valence-corrected chi connectivity index (χ1v) is 5.49. The zero-order valence-electron chi connectivity index (χ0n) is 8.80. The lowest BCUT2D eigenvalue weighted by atomic mass is 10.3. The summed E-state index contributed by atoms with van der Waals surface area (Å²) in [5, 5.41) is 9.74. The molecule has 1 rings (SSSR count). The fraction of sp³-hybridized carbons (Fsp3) is 0.556. The summed E-state index contributed by atoms with van der Waals surface area (Å²) in [5.74, 6) is 0.392. The van der Waals surface area contributed by atoms with Crippen LogP contribution in [0.15, 0.2) is 11.4 Å². The van der Waals surface area contributed by atoms with Gasteiger partial charge in [-0.05, 0) is 6.42 Å². The van der Waals surface area contributed by atoms with Crippen LogP contribution in [0.2, 0.25) is 0 Å². The van der Waals surface area contributed by atoms with E-state index in [4.69, 9.17) is 15.6 Å². The minimum absolute atomic E-state index is 0.163. The predicted octanol–water partition coefficient (Wildman–Crippen LogP) is 0.930.